The topological polar surface area (TPSA) is 80.4 Å². The molecule has 1 aromatic carbocycles. The van der Waals surface area contributed by atoms with E-state index in [1.165, 1.54) is 24.8 Å². The van der Waals surface area contributed by atoms with Gasteiger partial charge in [-0.3, -0.25) is 14.9 Å². The summed E-state index contributed by atoms with van der Waals surface area (Å²) in [7, 11) is 0. The van der Waals surface area contributed by atoms with Gasteiger partial charge in [0.1, 0.15) is 0 Å². The van der Waals surface area contributed by atoms with Gasteiger partial charge < -0.3 is 5.11 Å². The number of Topliss-reactive ketones (excluding diaryl/α,β-unsaturated/α-hetero) is 1. The average molecular weight is 269 g/mol. The lowest BCUT2D eigenvalue weighted by molar-refractivity contribution is -0.387. The largest absolute Gasteiger partial charge is 0.396 e. The van der Waals surface area contributed by atoms with Crippen molar-refractivity contribution in [3.05, 3.63) is 33.9 Å². The fourth-order valence-electron chi connectivity index (χ4n) is 1.29. The summed E-state index contributed by atoms with van der Waals surface area (Å²) in [5.41, 5.74) is 0.277. The van der Waals surface area contributed by atoms with Crippen LogP contribution in [0.5, 0.6) is 0 Å². The molecule has 0 aliphatic heterocycles. The number of rotatable bonds is 6. The van der Waals surface area contributed by atoms with E-state index in [0.717, 1.165) is 0 Å². The molecule has 1 aromatic rings. The number of thioether (sulfide) groups is 1. The Hall–Kier alpha value is -1.40. The number of carbonyl (C=O) groups is 1. The summed E-state index contributed by atoms with van der Waals surface area (Å²) in [6.07, 6.45) is 0. The monoisotopic (exact) mass is 269 g/mol. The molecule has 1 unspecified atom stereocenters. The van der Waals surface area contributed by atoms with Gasteiger partial charge in [0.15, 0.2) is 5.78 Å². The van der Waals surface area contributed by atoms with Crippen LogP contribution in [0.3, 0.4) is 0 Å². The average Bonchev–Trinajstić information content (AvgIpc) is 2.35. The number of aliphatic hydroxyl groups excluding tert-OH is 1. The summed E-state index contributed by atoms with van der Waals surface area (Å²) in [5.74, 6) is 0.469. The lowest BCUT2D eigenvalue weighted by Crippen LogP contribution is -2.04. The quantitative estimate of drug-likeness (QED) is 0.371. The maximum atomic E-state index is 11.2. The number of hydrogen-bond acceptors (Lipinski definition) is 5. The van der Waals surface area contributed by atoms with E-state index in [2.05, 4.69) is 0 Å². The summed E-state index contributed by atoms with van der Waals surface area (Å²) in [6.45, 7) is 3.29. The van der Waals surface area contributed by atoms with Crippen LogP contribution in [-0.4, -0.2) is 28.2 Å². The maximum absolute atomic E-state index is 11.2. The van der Waals surface area contributed by atoms with Crippen molar-refractivity contribution in [3.63, 3.8) is 0 Å². The van der Waals surface area contributed by atoms with Gasteiger partial charge in [-0.1, -0.05) is 6.92 Å². The molecular formula is C12H15NO4S. The molecule has 0 radical (unpaired) electrons. The minimum absolute atomic E-state index is 0.0479. The second kappa shape index (κ2) is 6.51. The fourth-order valence-corrected chi connectivity index (χ4v) is 2.30. The maximum Gasteiger partial charge on any atom is 0.283 e. The van der Waals surface area contributed by atoms with E-state index < -0.39 is 4.92 Å². The Labute approximate surface area is 109 Å². The normalized spacial score (nSPS) is 12.2. The molecule has 0 bridgehead atoms. The molecule has 0 saturated carbocycles. The standard InChI is InChI=1S/C12H15NO4S/c1-8(6-14)7-18-12-4-3-10(9(2)15)5-11(12)13(16)17/h3-5,8,14H,6-7H2,1-2H3. The van der Waals surface area contributed by atoms with Crippen LogP contribution in [0.15, 0.2) is 23.1 Å². The highest BCUT2D eigenvalue weighted by molar-refractivity contribution is 7.99. The fraction of sp³-hybridized carbons (Fsp3) is 0.417. The molecule has 6 heteroatoms. The van der Waals surface area contributed by atoms with Crippen LogP contribution in [0, 0.1) is 16.0 Å². The van der Waals surface area contributed by atoms with Gasteiger partial charge >= 0.3 is 0 Å². The van der Waals surface area contributed by atoms with Gasteiger partial charge in [0.25, 0.3) is 5.69 Å². The second-order valence-corrected chi connectivity index (χ2v) is 5.16. The molecule has 1 atom stereocenters. The zero-order valence-corrected chi connectivity index (χ0v) is 11.1. The Morgan fingerprint density at radius 2 is 2.22 bits per heavy atom. The highest BCUT2D eigenvalue weighted by Gasteiger charge is 2.17. The minimum Gasteiger partial charge on any atom is -0.396 e. The van der Waals surface area contributed by atoms with E-state index in [1.54, 1.807) is 12.1 Å². The van der Waals surface area contributed by atoms with Crippen LogP contribution in [0.25, 0.3) is 0 Å². The molecule has 0 aromatic heterocycles. The Balaban J connectivity index is 2.97. The second-order valence-electron chi connectivity index (χ2n) is 4.09. The summed E-state index contributed by atoms with van der Waals surface area (Å²) in [6, 6.07) is 4.47. The minimum atomic E-state index is -0.488. The zero-order valence-electron chi connectivity index (χ0n) is 10.3. The van der Waals surface area contributed by atoms with Crippen molar-refractivity contribution < 1.29 is 14.8 Å². The number of benzene rings is 1. The van der Waals surface area contributed by atoms with Crippen molar-refractivity contribution in [1.29, 1.82) is 0 Å². The number of carbonyl (C=O) groups excluding carboxylic acids is 1. The van der Waals surface area contributed by atoms with Gasteiger partial charge in [0, 0.05) is 24.0 Å². The zero-order chi connectivity index (χ0) is 13.7. The predicted octanol–water partition coefficient (Wildman–Crippen LogP) is 2.52. The predicted molar refractivity (Wildman–Crippen MR) is 70.1 cm³/mol. The molecule has 1 rings (SSSR count). The SMILES string of the molecule is CC(=O)c1ccc(SCC(C)CO)c([N+](=O)[O-])c1. The van der Waals surface area contributed by atoms with Crippen molar-refractivity contribution in [1.82, 2.24) is 0 Å². The Bertz CT molecular complexity index is 461. The number of nitrogens with zero attached hydrogens (tertiary/aromatic N) is 1. The highest BCUT2D eigenvalue weighted by atomic mass is 32.2. The third-order valence-electron chi connectivity index (χ3n) is 2.40. The van der Waals surface area contributed by atoms with E-state index in [0.29, 0.717) is 16.2 Å². The molecule has 0 amide bonds. The van der Waals surface area contributed by atoms with Crippen LogP contribution >= 0.6 is 11.8 Å². The molecule has 0 aliphatic rings. The Morgan fingerprint density at radius 1 is 1.56 bits per heavy atom. The van der Waals surface area contributed by atoms with E-state index >= 15 is 0 Å². The first-order chi connectivity index (χ1) is 8.45. The van der Waals surface area contributed by atoms with Crippen molar-refractivity contribution in [2.75, 3.05) is 12.4 Å². The first-order valence-electron chi connectivity index (χ1n) is 5.48. The molecular weight excluding hydrogens is 254 g/mol. The Morgan fingerprint density at radius 3 is 2.72 bits per heavy atom. The highest BCUT2D eigenvalue weighted by Crippen LogP contribution is 2.31. The summed E-state index contributed by atoms with van der Waals surface area (Å²) in [5, 5.41) is 19.9. The van der Waals surface area contributed by atoms with Crippen molar-refractivity contribution in [3.8, 4) is 0 Å². The van der Waals surface area contributed by atoms with E-state index in [9.17, 15) is 14.9 Å². The van der Waals surface area contributed by atoms with Crippen LogP contribution in [-0.2, 0) is 0 Å². The van der Waals surface area contributed by atoms with Gasteiger partial charge in [0.2, 0.25) is 0 Å². The molecule has 0 heterocycles. The molecule has 0 spiro atoms. The van der Waals surface area contributed by atoms with Gasteiger partial charge in [0.05, 0.1) is 9.82 Å². The van der Waals surface area contributed by atoms with Gasteiger partial charge in [-0.2, -0.15) is 0 Å². The Kier molecular flexibility index (Phi) is 5.30. The van der Waals surface area contributed by atoms with Crippen LogP contribution in [0.4, 0.5) is 5.69 Å². The van der Waals surface area contributed by atoms with Crippen LogP contribution in [0.2, 0.25) is 0 Å². The van der Waals surface area contributed by atoms with Crippen molar-refractivity contribution in [2.45, 2.75) is 18.7 Å². The van der Waals surface area contributed by atoms with Gasteiger partial charge in [-0.25, -0.2) is 0 Å². The number of hydrogen-bond donors (Lipinski definition) is 1. The lowest BCUT2D eigenvalue weighted by Gasteiger charge is -2.08. The number of nitro groups is 1. The molecule has 1 N–H and O–H groups in total. The van der Waals surface area contributed by atoms with E-state index in [-0.39, 0.29) is 24.0 Å². The van der Waals surface area contributed by atoms with E-state index in [1.807, 2.05) is 6.92 Å². The number of aliphatic hydroxyl groups is 1. The summed E-state index contributed by atoms with van der Waals surface area (Å²) < 4.78 is 0. The smallest absolute Gasteiger partial charge is 0.283 e. The van der Waals surface area contributed by atoms with Gasteiger partial charge in [-0.05, 0) is 25.0 Å². The third-order valence-corrected chi connectivity index (χ3v) is 3.79. The molecule has 18 heavy (non-hydrogen) atoms. The summed E-state index contributed by atoms with van der Waals surface area (Å²) >= 11 is 1.32. The first kappa shape index (κ1) is 14.7. The van der Waals surface area contributed by atoms with Gasteiger partial charge in [-0.15, -0.1) is 11.8 Å². The molecule has 0 saturated heterocycles. The lowest BCUT2D eigenvalue weighted by atomic mass is 10.1. The first-order valence-corrected chi connectivity index (χ1v) is 6.47. The molecule has 98 valence electrons. The van der Waals surface area contributed by atoms with Crippen molar-refractivity contribution >= 4 is 23.2 Å². The number of ketones is 1. The third kappa shape index (κ3) is 3.82. The van der Waals surface area contributed by atoms with Crippen LogP contribution < -0.4 is 0 Å². The molecule has 0 fully saturated rings. The van der Waals surface area contributed by atoms with E-state index in [4.69, 9.17) is 5.11 Å². The van der Waals surface area contributed by atoms with Crippen LogP contribution in [0.1, 0.15) is 24.2 Å². The van der Waals surface area contributed by atoms with Crippen molar-refractivity contribution in [2.24, 2.45) is 5.92 Å². The number of nitro benzene ring substituents is 1. The summed E-state index contributed by atoms with van der Waals surface area (Å²) in [4.78, 5) is 22.2. The molecule has 5 nitrogen and oxygen atoms in total. The molecule has 0 aliphatic carbocycles.